The smallest absolute Gasteiger partial charge is 0.217 e. The number of unbranched alkanes of at least 4 members (excludes halogenated alkanes) is 1. The van der Waals surface area contributed by atoms with Crippen molar-refractivity contribution in [1.82, 2.24) is 0 Å². The van der Waals surface area contributed by atoms with Crippen molar-refractivity contribution in [2.45, 2.75) is 25.7 Å². The summed E-state index contributed by atoms with van der Waals surface area (Å²) < 4.78 is 0. The fourth-order valence-electron chi connectivity index (χ4n) is 0.753. The monoisotopic (exact) mass is 153 g/mol. The van der Waals surface area contributed by atoms with Crippen LogP contribution in [0.2, 0.25) is 0 Å². The molecular formula is C9H15NO. The predicted octanol–water partition coefficient (Wildman–Crippen LogP) is 1.77. The lowest BCUT2D eigenvalue weighted by molar-refractivity contribution is -0.118. The van der Waals surface area contributed by atoms with Gasteiger partial charge in [-0.05, 0) is 19.3 Å². The average molecular weight is 153 g/mol. The number of primary amides is 1. The quantitative estimate of drug-likeness (QED) is 0.458. The zero-order valence-corrected chi connectivity index (χ0v) is 6.81. The minimum absolute atomic E-state index is 0.228. The van der Waals surface area contributed by atoms with Gasteiger partial charge in [0.25, 0.3) is 0 Å². The molecule has 0 aliphatic rings. The van der Waals surface area contributed by atoms with Crippen LogP contribution in [-0.4, -0.2) is 5.91 Å². The molecule has 0 radical (unpaired) electrons. The number of amides is 1. The molecule has 0 saturated carbocycles. The van der Waals surface area contributed by atoms with Gasteiger partial charge in [0.2, 0.25) is 5.91 Å². The largest absolute Gasteiger partial charge is 0.370 e. The highest BCUT2D eigenvalue weighted by atomic mass is 16.1. The highest BCUT2D eigenvalue weighted by Gasteiger charge is 1.94. The summed E-state index contributed by atoms with van der Waals surface area (Å²) in [7, 11) is 0. The van der Waals surface area contributed by atoms with E-state index in [4.69, 9.17) is 5.73 Å². The van der Waals surface area contributed by atoms with Gasteiger partial charge < -0.3 is 5.73 Å². The van der Waals surface area contributed by atoms with E-state index >= 15 is 0 Å². The van der Waals surface area contributed by atoms with E-state index in [0.717, 1.165) is 24.8 Å². The molecule has 0 saturated heterocycles. The van der Waals surface area contributed by atoms with Crippen molar-refractivity contribution in [3.63, 3.8) is 0 Å². The van der Waals surface area contributed by atoms with Crippen LogP contribution in [0.25, 0.3) is 0 Å². The van der Waals surface area contributed by atoms with E-state index in [-0.39, 0.29) is 5.91 Å². The number of rotatable bonds is 6. The molecule has 2 heteroatoms. The van der Waals surface area contributed by atoms with Crippen LogP contribution in [0.3, 0.4) is 0 Å². The van der Waals surface area contributed by atoms with Gasteiger partial charge in [-0.2, -0.15) is 0 Å². The maximum Gasteiger partial charge on any atom is 0.217 e. The van der Waals surface area contributed by atoms with E-state index in [9.17, 15) is 4.79 Å². The first-order valence-electron chi connectivity index (χ1n) is 3.75. The minimum Gasteiger partial charge on any atom is -0.370 e. The van der Waals surface area contributed by atoms with Gasteiger partial charge in [-0.3, -0.25) is 4.79 Å². The van der Waals surface area contributed by atoms with Crippen molar-refractivity contribution in [1.29, 1.82) is 0 Å². The zero-order chi connectivity index (χ0) is 8.69. The molecule has 11 heavy (non-hydrogen) atoms. The molecule has 0 atom stereocenters. The van der Waals surface area contributed by atoms with E-state index in [1.54, 1.807) is 6.08 Å². The van der Waals surface area contributed by atoms with E-state index in [1.165, 1.54) is 0 Å². The summed E-state index contributed by atoms with van der Waals surface area (Å²) in [6.45, 7) is 7.34. The molecule has 0 unspecified atom stereocenters. The normalized spacial score (nSPS) is 9.09. The van der Waals surface area contributed by atoms with Gasteiger partial charge >= 0.3 is 0 Å². The van der Waals surface area contributed by atoms with Crippen molar-refractivity contribution in [3.8, 4) is 0 Å². The highest BCUT2D eigenvalue weighted by Crippen LogP contribution is 2.06. The molecule has 0 fully saturated rings. The standard InChI is InChI=1S/C9H15NO/c1-3-8(2)6-4-5-7-9(10)11/h3H,1-2,4-7H2,(H2,10,11). The summed E-state index contributed by atoms with van der Waals surface area (Å²) >= 11 is 0. The van der Waals surface area contributed by atoms with Crippen LogP contribution in [0.15, 0.2) is 24.8 Å². The van der Waals surface area contributed by atoms with Crippen LogP contribution in [0.4, 0.5) is 0 Å². The summed E-state index contributed by atoms with van der Waals surface area (Å²) in [5.41, 5.74) is 5.98. The van der Waals surface area contributed by atoms with E-state index in [0.29, 0.717) is 6.42 Å². The third-order valence-electron chi connectivity index (χ3n) is 1.46. The fourth-order valence-corrected chi connectivity index (χ4v) is 0.753. The molecule has 0 aliphatic carbocycles. The Hall–Kier alpha value is -1.05. The van der Waals surface area contributed by atoms with Crippen molar-refractivity contribution in [3.05, 3.63) is 24.8 Å². The van der Waals surface area contributed by atoms with E-state index < -0.39 is 0 Å². The Kier molecular flexibility index (Phi) is 5.17. The van der Waals surface area contributed by atoms with E-state index in [1.807, 2.05) is 0 Å². The maximum absolute atomic E-state index is 10.3. The summed E-state index contributed by atoms with van der Waals surface area (Å²) in [6, 6.07) is 0. The highest BCUT2D eigenvalue weighted by molar-refractivity contribution is 5.73. The van der Waals surface area contributed by atoms with Gasteiger partial charge in [-0.25, -0.2) is 0 Å². The van der Waals surface area contributed by atoms with E-state index in [2.05, 4.69) is 13.2 Å². The molecule has 1 amide bonds. The van der Waals surface area contributed by atoms with Gasteiger partial charge in [0.05, 0.1) is 0 Å². The molecule has 2 N–H and O–H groups in total. The second kappa shape index (κ2) is 5.71. The SMILES string of the molecule is C=CC(=C)CCCCC(N)=O. The molecule has 0 spiro atoms. The first-order chi connectivity index (χ1) is 5.16. The molecule has 62 valence electrons. The molecular weight excluding hydrogens is 138 g/mol. The van der Waals surface area contributed by atoms with Crippen molar-refractivity contribution in [2.24, 2.45) is 5.73 Å². The number of hydrogen-bond donors (Lipinski definition) is 1. The summed E-state index contributed by atoms with van der Waals surface area (Å²) in [6.07, 6.45) is 4.95. The molecule has 0 heterocycles. The summed E-state index contributed by atoms with van der Waals surface area (Å²) in [5.74, 6) is -0.228. The Labute approximate surface area is 67.8 Å². The molecule has 0 bridgehead atoms. The van der Waals surface area contributed by atoms with Gasteiger partial charge in [0.15, 0.2) is 0 Å². The molecule has 0 rings (SSSR count). The van der Waals surface area contributed by atoms with Crippen LogP contribution in [-0.2, 0) is 4.79 Å². The van der Waals surface area contributed by atoms with Crippen LogP contribution in [0.1, 0.15) is 25.7 Å². The molecule has 0 aromatic rings. The summed E-state index contributed by atoms with van der Waals surface area (Å²) in [4.78, 5) is 10.3. The number of allylic oxidation sites excluding steroid dienone is 2. The third-order valence-corrected chi connectivity index (χ3v) is 1.46. The van der Waals surface area contributed by atoms with Crippen molar-refractivity contribution in [2.75, 3.05) is 0 Å². The Morgan fingerprint density at radius 1 is 1.36 bits per heavy atom. The Bertz CT molecular complexity index is 161. The lowest BCUT2D eigenvalue weighted by atomic mass is 10.1. The predicted molar refractivity (Wildman–Crippen MR) is 47.0 cm³/mol. The van der Waals surface area contributed by atoms with Gasteiger partial charge in [0, 0.05) is 6.42 Å². The first kappa shape index (κ1) is 9.95. The van der Waals surface area contributed by atoms with Crippen molar-refractivity contribution < 1.29 is 4.79 Å². The second-order valence-corrected chi connectivity index (χ2v) is 2.54. The molecule has 0 aliphatic heterocycles. The van der Waals surface area contributed by atoms with Crippen LogP contribution in [0.5, 0.6) is 0 Å². The third kappa shape index (κ3) is 6.84. The van der Waals surface area contributed by atoms with Gasteiger partial charge in [0.1, 0.15) is 0 Å². The maximum atomic E-state index is 10.3. The second-order valence-electron chi connectivity index (χ2n) is 2.54. The lowest BCUT2D eigenvalue weighted by Crippen LogP contribution is -2.09. The Morgan fingerprint density at radius 2 is 1.91 bits per heavy atom. The minimum atomic E-state index is -0.228. The number of nitrogens with two attached hydrogens (primary N) is 1. The number of carbonyl (C=O) groups excluding carboxylic acids is 1. The summed E-state index contributed by atoms with van der Waals surface area (Å²) in [5, 5.41) is 0. The van der Waals surface area contributed by atoms with Crippen LogP contribution >= 0.6 is 0 Å². The Balaban J connectivity index is 3.21. The van der Waals surface area contributed by atoms with Crippen LogP contribution in [0, 0.1) is 0 Å². The zero-order valence-electron chi connectivity index (χ0n) is 6.81. The first-order valence-corrected chi connectivity index (χ1v) is 3.75. The number of carbonyl (C=O) groups is 1. The van der Waals surface area contributed by atoms with Gasteiger partial charge in [-0.15, -0.1) is 0 Å². The Morgan fingerprint density at radius 3 is 2.36 bits per heavy atom. The molecule has 0 aromatic heterocycles. The topological polar surface area (TPSA) is 43.1 Å². The van der Waals surface area contributed by atoms with Crippen molar-refractivity contribution >= 4 is 5.91 Å². The number of hydrogen-bond acceptors (Lipinski definition) is 1. The molecule has 0 aromatic carbocycles. The fraction of sp³-hybridized carbons (Fsp3) is 0.444. The van der Waals surface area contributed by atoms with Gasteiger partial charge in [-0.1, -0.05) is 24.8 Å². The average Bonchev–Trinajstić information content (AvgIpc) is 1.97. The molecule has 2 nitrogen and oxygen atoms in total. The van der Waals surface area contributed by atoms with Crippen LogP contribution < -0.4 is 5.73 Å². The lowest BCUT2D eigenvalue weighted by Gasteiger charge is -1.97.